The van der Waals surface area contributed by atoms with Gasteiger partial charge in [0.1, 0.15) is 0 Å². The minimum atomic E-state index is -1.83. The highest BCUT2D eigenvalue weighted by atomic mass is 79.9. The van der Waals surface area contributed by atoms with Gasteiger partial charge in [0.15, 0.2) is 0 Å². The quantitative estimate of drug-likeness (QED) is 0.138. The molecule has 0 atom stereocenters. The lowest BCUT2D eigenvalue weighted by Gasteiger charge is -2.41. The molecule has 1 aliphatic rings. The van der Waals surface area contributed by atoms with Crippen molar-refractivity contribution in [2.24, 2.45) is 0 Å². The zero-order valence-corrected chi connectivity index (χ0v) is 32.5. The maximum absolute atomic E-state index is 3.61. The van der Waals surface area contributed by atoms with E-state index in [1.165, 1.54) is 33.4 Å². The van der Waals surface area contributed by atoms with E-state index in [0.29, 0.717) is 16.6 Å². The van der Waals surface area contributed by atoms with Gasteiger partial charge in [0.2, 0.25) is 0 Å². The van der Waals surface area contributed by atoms with Crippen molar-refractivity contribution in [3.63, 3.8) is 0 Å². The second-order valence-electron chi connectivity index (χ2n) is 13.4. The molecular formula is C42H47Br2NSi. The number of benzene rings is 4. The lowest BCUT2D eigenvalue weighted by Crippen LogP contribution is -2.43. The molecule has 1 nitrogen and oxygen atoms in total. The van der Waals surface area contributed by atoms with E-state index in [2.05, 4.69) is 200 Å². The largest absolute Gasteiger partial charge is 0.311 e. The van der Waals surface area contributed by atoms with Crippen LogP contribution in [-0.2, 0) is 0 Å². The topological polar surface area (TPSA) is 3.24 Å². The zero-order chi connectivity index (χ0) is 33.0. The van der Waals surface area contributed by atoms with Gasteiger partial charge in [-0.3, -0.25) is 0 Å². The van der Waals surface area contributed by atoms with Gasteiger partial charge in [-0.1, -0.05) is 135 Å². The van der Waals surface area contributed by atoms with E-state index in [9.17, 15) is 0 Å². The summed E-state index contributed by atoms with van der Waals surface area (Å²) in [4.78, 5) is 2.32. The maximum atomic E-state index is 3.61. The van der Waals surface area contributed by atoms with Crippen molar-refractivity contribution in [3.05, 3.63) is 140 Å². The number of nitrogens with zero attached hydrogens (tertiary/aromatic N) is 1. The van der Waals surface area contributed by atoms with Crippen molar-refractivity contribution in [1.82, 2.24) is 0 Å². The fourth-order valence-corrected chi connectivity index (χ4v) is 13.8. The maximum Gasteiger partial charge on any atom is 0.0861 e. The van der Waals surface area contributed by atoms with Crippen LogP contribution in [0, 0.1) is 0 Å². The van der Waals surface area contributed by atoms with Gasteiger partial charge in [0.25, 0.3) is 0 Å². The Morgan fingerprint density at radius 2 is 1.15 bits per heavy atom. The Morgan fingerprint density at radius 3 is 1.63 bits per heavy atom. The number of hydrogen-bond acceptors (Lipinski definition) is 1. The van der Waals surface area contributed by atoms with Crippen LogP contribution in [0.3, 0.4) is 0 Å². The monoisotopic (exact) mass is 751 g/mol. The molecule has 0 unspecified atom stereocenters. The van der Waals surface area contributed by atoms with Gasteiger partial charge in [0, 0.05) is 26.0 Å². The van der Waals surface area contributed by atoms with Crippen LogP contribution in [0.1, 0.15) is 78.0 Å². The van der Waals surface area contributed by atoms with Crippen LogP contribution < -0.4 is 4.90 Å². The first-order valence-corrected chi connectivity index (χ1v) is 20.6. The minimum absolute atomic E-state index is 0.652. The van der Waals surface area contributed by atoms with Gasteiger partial charge in [-0.2, -0.15) is 0 Å². The fraction of sp³-hybridized carbons (Fsp3) is 0.286. The van der Waals surface area contributed by atoms with E-state index in [4.69, 9.17) is 0 Å². The minimum Gasteiger partial charge on any atom is -0.311 e. The third-order valence-corrected chi connectivity index (χ3v) is 17.6. The Morgan fingerprint density at radius 1 is 0.674 bits per heavy atom. The first-order chi connectivity index (χ1) is 22.1. The van der Waals surface area contributed by atoms with Gasteiger partial charge >= 0.3 is 0 Å². The highest BCUT2D eigenvalue weighted by Gasteiger charge is 2.42. The lowest BCUT2D eigenvalue weighted by molar-refractivity contribution is 0.833. The second-order valence-corrected chi connectivity index (χ2v) is 21.0. The van der Waals surface area contributed by atoms with Crippen molar-refractivity contribution >= 4 is 74.2 Å². The number of allylic oxidation sites excluding steroid dienone is 4. The molecule has 0 bridgehead atoms. The average molecular weight is 754 g/mol. The molecule has 0 radical (unpaired) electrons. The van der Waals surface area contributed by atoms with Crippen LogP contribution in [0.2, 0.25) is 16.6 Å². The van der Waals surface area contributed by atoms with Crippen LogP contribution >= 0.6 is 31.9 Å². The number of halogens is 2. The van der Waals surface area contributed by atoms with Crippen LogP contribution in [0.5, 0.6) is 0 Å². The van der Waals surface area contributed by atoms with Gasteiger partial charge in [-0.05, 0) is 123 Å². The molecular weight excluding hydrogens is 706 g/mol. The van der Waals surface area contributed by atoms with E-state index in [1.807, 2.05) is 0 Å². The summed E-state index contributed by atoms with van der Waals surface area (Å²) in [5, 5.41) is 0. The number of rotatable bonds is 11. The summed E-state index contributed by atoms with van der Waals surface area (Å²) < 4.78 is 2.14. The molecule has 0 spiro atoms. The van der Waals surface area contributed by atoms with E-state index in [1.54, 1.807) is 0 Å². The molecule has 238 valence electrons. The lowest BCUT2D eigenvalue weighted by atomic mass is 9.92. The summed E-state index contributed by atoms with van der Waals surface area (Å²) in [6.07, 6.45) is 7.09. The van der Waals surface area contributed by atoms with Crippen molar-refractivity contribution < 1.29 is 0 Å². The van der Waals surface area contributed by atoms with Crippen LogP contribution in [0.25, 0.3) is 17.2 Å². The number of fused-ring (bicyclic) bond motifs is 1. The first kappa shape index (κ1) is 34.4. The van der Waals surface area contributed by atoms with Crippen LogP contribution in [0.4, 0.5) is 17.1 Å². The molecule has 1 aliphatic carbocycles. The molecule has 0 fully saturated rings. The first-order valence-electron chi connectivity index (χ1n) is 16.7. The normalized spacial score (nSPS) is 14.4. The van der Waals surface area contributed by atoms with Gasteiger partial charge in [-0.25, -0.2) is 0 Å². The van der Waals surface area contributed by atoms with E-state index in [-0.39, 0.29) is 0 Å². The van der Waals surface area contributed by atoms with Crippen molar-refractivity contribution in [2.45, 2.75) is 77.9 Å². The molecule has 5 rings (SSSR count). The molecule has 0 saturated heterocycles. The van der Waals surface area contributed by atoms with E-state index >= 15 is 0 Å². The fourth-order valence-electron chi connectivity index (χ4n) is 7.46. The highest BCUT2D eigenvalue weighted by Crippen LogP contribution is 2.49. The van der Waals surface area contributed by atoms with Gasteiger partial charge < -0.3 is 4.90 Å². The van der Waals surface area contributed by atoms with Crippen LogP contribution in [-0.4, -0.2) is 8.07 Å². The molecule has 46 heavy (non-hydrogen) atoms. The smallest absolute Gasteiger partial charge is 0.0861 e. The molecule has 4 aromatic rings. The Kier molecular flexibility index (Phi) is 11.1. The van der Waals surface area contributed by atoms with Gasteiger partial charge in [0.05, 0.1) is 8.07 Å². The second kappa shape index (κ2) is 14.9. The average Bonchev–Trinajstić information content (AvgIpc) is 3.39. The highest BCUT2D eigenvalue weighted by molar-refractivity contribution is 9.10. The molecule has 0 saturated carbocycles. The summed E-state index contributed by atoms with van der Waals surface area (Å²) in [5.41, 5.74) is 16.3. The standard InChI is InChI=1S/C42H47Br2NSi/c1-8-9-13-39(41-27-33-12-10-11-14-40(33)42(41)28-46(29(2)3,30(4)5)31(6)7)32-15-21-36(22-16-32)45(37-23-17-34(43)18-24-37)38-25-19-35(44)20-26-38/h10-31H,8-9H2,1-7H3/b39-13+,42-28+. The molecule has 0 N–H and O–H groups in total. The van der Waals surface area contributed by atoms with E-state index in [0.717, 1.165) is 38.8 Å². The van der Waals surface area contributed by atoms with E-state index < -0.39 is 8.07 Å². The molecule has 0 amide bonds. The predicted octanol–water partition coefficient (Wildman–Crippen LogP) is 14.6. The Bertz CT molecular complexity index is 1660. The SMILES string of the molecule is CCC/C=C(/C1=Cc2ccccc2/C1=C\[Si](C(C)C)(C(C)C)C(C)C)c1ccc(N(c2ccc(Br)cc2)c2ccc(Br)cc2)cc1. The molecule has 4 aromatic carbocycles. The number of unbranched alkanes of at least 4 members (excludes halogenated alkanes) is 1. The summed E-state index contributed by atoms with van der Waals surface area (Å²) >= 11 is 7.23. The summed E-state index contributed by atoms with van der Waals surface area (Å²) in [6.45, 7) is 17.0. The molecule has 0 heterocycles. The third kappa shape index (κ3) is 7.00. The van der Waals surface area contributed by atoms with Crippen molar-refractivity contribution in [2.75, 3.05) is 4.90 Å². The van der Waals surface area contributed by atoms with Crippen molar-refractivity contribution in [3.8, 4) is 0 Å². The predicted molar refractivity (Wildman–Crippen MR) is 213 cm³/mol. The third-order valence-electron chi connectivity index (χ3n) is 9.77. The Hall–Kier alpha value is -2.92. The molecule has 0 aromatic heterocycles. The Labute approximate surface area is 295 Å². The van der Waals surface area contributed by atoms with Crippen molar-refractivity contribution in [1.29, 1.82) is 0 Å². The summed E-state index contributed by atoms with van der Waals surface area (Å²) in [6, 6.07) is 35.3. The molecule has 0 aliphatic heterocycles. The molecule has 4 heteroatoms. The number of anilines is 3. The van der Waals surface area contributed by atoms with Crippen LogP contribution in [0.15, 0.2) is 123 Å². The summed E-state index contributed by atoms with van der Waals surface area (Å²) in [7, 11) is -1.83. The van der Waals surface area contributed by atoms with Gasteiger partial charge in [-0.15, -0.1) is 0 Å². The number of hydrogen-bond donors (Lipinski definition) is 0. The Balaban J connectivity index is 1.63. The summed E-state index contributed by atoms with van der Waals surface area (Å²) in [5.74, 6) is 0. The zero-order valence-electron chi connectivity index (χ0n) is 28.3.